The minimum atomic E-state index is -0.210. The summed E-state index contributed by atoms with van der Waals surface area (Å²) in [4.78, 5) is 14.7. The van der Waals surface area contributed by atoms with E-state index in [0.29, 0.717) is 18.5 Å². The number of nitrogens with one attached hydrogen (secondary N) is 1. The molecule has 4 heteroatoms. The highest BCUT2D eigenvalue weighted by Gasteiger charge is 2.30. The van der Waals surface area contributed by atoms with Gasteiger partial charge in [0.15, 0.2) is 0 Å². The topological polar surface area (TPSA) is 32.3 Å². The Kier molecular flexibility index (Phi) is 5.59. The van der Waals surface area contributed by atoms with Crippen molar-refractivity contribution in [3.63, 3.8) is 0 Å². The number of hydrogen-bond acceptors (Lipinski definition) is 2. The fourth-order valence-corrected chi connectivity index (χ4v) is 3.27. The number of carbonyl (C=O) groups is 1. The lowest BCUT2D eigenvalue weighted by molar-refractivity contribution is -0.125. The fraction of sp³-hybridized carbons (Fsp3) is 0.350. The van der Waals surface area contributed by atoms with Crippen molar-refractivity contribution in [2.45, 2.75) is 31.8 Å². The molecule has 3 rings (SSSR count). The van der Waals surface area contributed by atoms with E-state index in [9.17, 15) is 9.18 Å². The van der Waals surface area contributed by atoms with Gasteiger partial charge >= 0.3 is 0 Å². The number of nitrogens with zero attached hydrogens (tertiary/aromatic N) is 1. The number of halogens is 1. The highest BCUT2D eigenvalue weighted by Crippen LogP contribution is 2.20. The Labute approximate surface area is 142 Å². The highest BCUT2D eigenvalue weighted by molar-refractivity contribution is 5.82. The summed E-state index contributed by atoms with van der Waals surface area (Å²) < 4.78 is 13.6. The fourth-order valence-electron chi connectivity index (χ4n) is 3.27. The Balaban J connectivity index is 1.51. The highest BCUT2D eigenvalue weighted by atomic mass is 19.1. The molecule has 0 spiro atoms. The van der Waals surface area contributed by atoms with Crippen LogP contribution in [0.4, 0.5) is 4.39 Å². The van der Waals surface area contributed by atoms with Crippen LogP contribution in [0, 0.1) is 5.82 Å². The van der Waals surface area contributed by atoms with Gasteiger partial charge in [0.05, 0.1) is 6.04 Å². The second-order valence-electron chi connectivity index (χ2n) is 6.25. The van der Waals surface area contributed by atoms with Crippen molar-refractivity contribution in [3.05, 3.63) is 71.5 Å². The quantitative estimate of drug-likeness (QED) is 0.884. The van der Waals surface area contributed by atoms with Gasteiger partial charge in [-0.1, -0.05) is 48.5 Å². The van der Waals surface area contributed by atoms with Crippen molar-refractivity contribution in [3.8, 4) is 0 Å². The first kappa shape index (κ1) is 16.7. The van der Waals surface area contributed by atoms with E-state index >= 15 is 0 Å². The molecular weight excluding hydrogens is 303 g/mol. The number of benzene rings is 2. The van der Waals surface area contributed by atoms with Gasteiger partial charge in [-0.3, -0.25) is 9.69 Å². The van der Waals surface area contributed by atoms with Crippen LogP contribution in [0.25, 0.3) is 0 Å². The van der Waals surface area contributed by atoms with Gasteiger partial charge in [-0.05, 0) is 43.0 Å². The van der Waals surface area contributed by atoms with E-state index in [1.54, 1.807) is 12.1 Å². The number of likely N-dealkylation sites (tertiary alicyclic amines) is 1. The van der Waals surface area contributed by atoms with Crippen LogP contribution in [0.5, 0.6) is 0 Å². The Bertz CT molecular complexity index is 674. The summed E-state index contributed by atoms with van der Waals surface area (Å²) in [5.74, 6) is -0.155. The molecule has 1 fully saturated rings. The lowest BCUT2D eigenvalue weighted by Crippen LogP contribution is -2.43. The molecule has 3 nitrogen and oxygen atoms in total. The first-order chi connectivity index (χ1) is 11.7. The normalized spacial score (nSPS) is 17.8. The number of rotatable bonds is 6. The molecule has 1 heterocycles. The summed E-state index contributed by atoms with van der Waals surface area (Å²) in [7, 11) is 0. The molecule has 2 aromatic rings. The van der Waals surface area contributed by atoms with Crippen LogP contribution < -0.4 is 5.32 Å². The van der Waals surface area contributed by atoms with Gasteiger partial charge in [-0.15, -0.1) is 0 Å². The van der Waals surface area contributed by atoms with Crippen LogP contribution in [0.15, 0.2) is 54.6 Å². The average molecular weight is 326 g/mol. The Morgan fingerprint density at radius 1 is 1.12 bits per heavy atom. The van der Waals surface area contributed by atoms with E-state index in [-0.39, 0.29) is 17.8 Å². The molecular formula is C20H23FN2O. The van der Waals surface area contributed by atoms with Crippen molar-refractivity contribution >= 4 is 5.91 Å². The second-order valence-corrected chi connectivity index (χ2v) is 6.25. The summed E-state index contributed by atoms with van der Waals surface area (Å²) in [6.45, 7) is 2.21. The Hall–Kier alpha value is -2.20. The molecule has 0 aromatic heterocycles. The zero-order chi connectivity index (χ0) is 16.8. The van der Waals surface area contributed by atoms with Crippen LogP contribution in [-0.2, 0) is 17.8 Å². The standard InChI is InChI=1S/C20H23FN2O/c21-18-10-5-4-9-17(18)12-13-22-20(24)19-11-6-14-23(19)15-16-7-2-1-3-8-16/h1-5,7-10,19H,6,11-15H2,(H,22,24)/t19-/m0/s1. The van der Waals surface area contributed by atoms with Gasteiger partial charge in [0, 0.05) is 13.1 Å². The monoisotopic (exact) mass is 326 g/mol. The molecule has 1 amide bonds. The van der Waals surface area contributed by atoms with Crippen LogP contribution in [-0.4, -0.2) is 29.9 Å². The van der Waals surface area contributed by atoms with Gasteiger partial charge in [-0.2, -0.15) is 0 Å². The smallest absolute Gasteiger partial charge is 0.237 e. The summed E-state index contributed by atoms with van der Waals surface area (Å²) in [5, 5.41) is 2.97. The number of hydrogen-bond donors (Lipinski definition) is 1. The van der Waals surface area contributed by atoms with E-state index in [0.717, 1.165) is 25.9 Å². The zero-order valence-electron chi connectivity index (χ0n) is 13.7. The van der Waals surface area contributed by atoms with Crippen molar-refractivity contribution in [2.75, 3.05) is 13.1 Å². The first-order valence-electron chi connectivity index (χ1n) is 8.53. The van der Waals surface area contributed by atoms with Gasteiger partial charge in [0.2, 0.25) is 5.91 Å². The third-order valence-electron chi connectivity index (χ3n) is 4.55. The van der Waals surface area contributed by atoms with E-state index in [1.807, 2.05) is 24.3 Å². The predicted molar refractivity (Wildman–Crippen MR) is 93.0 cm³/mol. The third-order valence-corrected chi connectivity index (χ3v) is 4.55. The molecule has 0 unspecified atom stereocenters. The lowest BCUT2D eigenvalue weighted by atomic mass is 10.1. The zero-order valence-corrected chi connectivity index (χ0v) is 13.7. The molecule has 0 bridgehead atoms. The van der Waals surface area contributed by atoms with Gasteiger partial charge in [0.25, 0.3) is 0 Å². The second kappa shape index (κ2) is 8.06. The first-order valence-corrected chi connectivity index (χ1v) is 8.53. The summed E-state index contributed by atoms with van der Waals surface area (Å²) in [5.41, 5.74) is 1.87. The molecule has 2 aromatic carbocycles. The molecule has 0 aliphatic carbocycles. The van der Waals surface area contributed by atoms with Crippen molar-refractivity contribution in [1.82, 2.24) is 10.2 Å². The van der Waals surface area contributed by atoms with Crippen LogP contribution in [0.2, 0.25) is 0 Å². The van der Waals surface area contributed by atoms with Crippen molar-refractivity contribution in [1.29, 1.82) is 0 Å². The SMILES string of the molecule is O=C(NCCc1ccccc1F)[C@@H]1CCCN1Cc1ccccc1. The molecule has 1 atom stereocenters. The lowest BCUT2D eigenvalue weighted by Gasteiger charge is -2.23. The third kappa shape index (κ3) is 4.20. The summed E-state index contributed by atoms with van der Waals surface area (Å²) in [6, 6.07) is 16.9. The van der Waals surface area contributed by atoms with E-state index in [2.05, 4.69) is 22.3 Å². The van der Waals surface area contributed by atoms with E-state index in [4.69, 9.17) is 0 Å². The van der Waals surface area contributed by atoms with Gasteiger partial charge in [0.1, 0.15) is 5.82 Å². The number of carbonyl (C=O) groups excluding carboxylic acids is 1. The van der Waals surface area contributed by atoms with Crippen LogP contribution >= 0.6 is 0 Å². The molecule has 24 heavy (non-hydrogen) atoms. The maximum atomic E-state index is 13.6. The summed E-state index contributed by atoms with van der Waals surface area (Å²) >= 11 is 0. The Morgan fingerprint density at radius 2 is 1.88 bits per heavy atom. The predicted octanol–water partition coefficient (Wildman–Crippen LogP) is 3.15. The minimum absolute atomic E-state index is 0.0553. The molecule has 1 saturated heterocycles. The Morgan fingerprint density at radius 3 is 2.67 bits per heavy atom. The molecule has 1 N–H and O–H groups in total. The maximum absolute atomic E-state index is 13.6. The number of amides is 1. The average Bonchev–Trinajstić information content (AvgIpc) is 3.05. The van der Waals surface area contributed by atoms with Crippen LogP contribution in [0.3, 0.4) is 0 Å². The van der Waals surface area contributed by atoms with Crippen LogP contribution in [0.1, 0.15) is 24.0 Å². The molecule has 126 valence electrons. The van der Waals surface area contributed by atoms with E-state index < -0.39 is 0 Å². The molecule has 0 radical (unpaired) electrons. The molecule has 0 saturated carbocycles. The van der Waals surface area contributed by atoms with E-state index in [1.165, 1.54) is 11.6 Å². The van der Waals surface area contributed by atoms with Crippen molar-refractivity contribution < 1.29 is 9.18 Å². The molecule has 1 aliphatic heterocycles. The maximum Gasteiger partial charge on any atom is 0.237 e. The van der Waals surface area contributed by atoms with Crippen molar-refractivity contribution in [2.24, 2.45) is 0 Å². The molecule has 1 aliphatic rings. The van der Waals surface area contributed by atoms with Gasteiger partial charge in [-0.25, -0.2) is 4.39 Å². The minimum Gasteiger partial charge on any atom is -0.354 e. The summed E-state index contributed by atoms with van der Waals surface area (Å²) in [6.07, 6.45) is 2.44. The largest absolute Gasteiger partial charge is 0.354 e. The van der Waals surface area contributed by atoms with Gasteiger partial charge < -0.3 is 5.32 Å².